The molecule has 3 saturated carbocycles. The van der Waals surface area contributed by atoms with E-state index < -0.39 is 27.9 Å². The van der Waals surface area contributed by atoms with Crippen molar-refractivity contribution >= 4 is 17.5 Å². The van der Waals surface area contributed by atoms with Crippen molar-refractivity contribution in [3.63, 3.8) is 0 Å². The third-order valence-corrected chi connectivity index (χ3v) is 14.6. The fourth-order valence-corrected chi connectivity index (χ4v) is 11.7. The molecule has 8 unspecified atom stereocenters. The number of carbonyl (C=O) groups is 2. The molecule has 0 saturated heterocycles. The minimum Gasteiger partial charge on any atom is -0.497 e. The summed E-state index contributed by atoms with van der Waals surface area (Å²) in [6, 6.07) is 24.3. The van der Waals surface area contributed by atoms with Crippen LogP contribution in [-0.4, -0.2) is 59.4 Å². The minimum atomic E-state index is -1.21. The van der Waals surface area contributed by atoms with Crippen molar-refractivity contribution in [3.8, 4) is 11.5 Å². The number of benzene rings is 3. The monoisotopic (exact) mass is 716 g/mol. The molecule has 8 nitrogen and oxygen atoms in total. The number of amides is 2. The molecule has 278 valence electrons. The van der Waals surface area contributed by atoms with Crippen LogP contribution in [0.2, 0.25) is 0 Å². The molecule has 0 radical (unpaired) electrons. The smallest absolute Gasteiger partial charge is 0.322 e. The number of Topliss-reactive ketones (excluding diaryl/α,β-unsaturated/α-hetero) is 1. The first kappa shape index (κ1) is 35.6. The maximum absolute atomic E-state index is 14.9. The van der Waals surface area contributed by atoms with E-state index in [-0.39, 0.29) is 35.6 Å². The van der Waals surface area contributed by atoms with Crippen molar-refractivity contribution in [1.82, 2.24) is 4.90 Å². The third kappa shape index (κ3) is 5.38. The molecule has 6 aliphatic rings. The van der Waals surface area contributed by atoms with Crippen LogP contribution >= 0.6 is 0 Å². The number of anilines is 1. The first-order valence-electron chi connectivity index (χ1n) is 19.2. The zero-order valence-corrected chi connectivity index (χ0v) is 31.3. The number of rotatable bonds is 9. The van der Waals surface area contributed by atoms with Crippen molar-refractivity contribution in [1.29, 1.82) is 0 Å². The number of nitrogens with zero attached hydrogens (tertiary/aromatic N) is 1. The molecule has 2 bridgehead atoms. The topological polar surface area (TPSA) is 108 Å². The predicted octanol–water partition coefficient (Wildman–Crippen LogP) is 8.21. The molecule has 8 atom stereocenters. The van der Waals surface area contributed by atoms with Crippen LogP contribution in [0.25, 0.3) is 0 Å². The second kappa shape index (κ2) is 12.9. The van der Waals surface area contributed by atoms with Gasteiger partial charge in [-0.2, -0.15) is 0 Å². The number of methoxy groups -OCH3 is 2. The van der Waals surface area contributed by atoms with Crippen LogP contribution in [0.5, 0.6) is 11.5 Å². The molecule has 3 aromatic carbocycles. The Morgan fingerprint density at radius 1 is 0.811 bits per heavy atom. The molecule has 2 spiro atoms. The van der Waals surface area contributed by atoms with E-state index in [1.54, 1.807) is 19.1 Å². The molecule has 6 aliphatic carbocycles. The van der Waals surface area contributed by atoms with E-state index in [2.05, 4.69) is 37.4 Å². The summed E-state index contributed by atoms with van der Waals surface area (Å²) in [5.74, 6) is 1.54. The summed E-state index contributed by atoms with van der Waals surface area (Å²) in [5.41, 5.74) is 0.101. The lowest BCUT2D eigenvalue weighted by Crippen LogP contribution is -2.67. The Labute approximate surface area is 312 Å². The summed E-state index contributed by atoms with van der Waals surface area (Å²) in [5, 5.41) is 27.2. The zero-order chi connectivity index (χ0) is 37.2. The van der Waals surface area contributed by atoms with Gasteiger partial charge in [-0.1, -0.05) is 62.4 Å². The van der Waals surface area contributed by atoms with Gasteiger partial charge in [-0.3, -0.25) is 4.79 Å². The van der Waals surface area contributed by atoms with Gasteiger partial charge in [0, 0.05) is 39.6 Å². The van der Waals surface area contributed by atoms with Gasteiger partial charge in [-0.05, 0) is 116 Å². The molecule has 9 rings (SSSR count). The average Bonchev–Trinajstić information content (AvgIpc) is 3.44. The number of fused-ring (bicyclic) bond motifs is 1. The van der Waals surface area contributed by atoms with Crippen LogP contribution in [0.4, 0.5) is 10.5 Å². The molecule has 0 aliphatic heterocycles. The van der Waals surface area contributed by atoms with E-state index >= 15 is 0 Å². The molecule has 0 aromatic heterocycles. The second-order valence-electron chi connectivity index (χ2n) is 16.9. The van der Waals surface area contributed by atoms with E-state index in [1.165, 1.54) is 0 Å². The molecule has 3 fully saturated rings. The van der Waals surface area contributed by atoms with Crippen LogP contribution in [0.3, 0.4) is 0 Å². The van der Waals surface area contributed by atoms with Gasteiger partial charge < -0.3 is 29.9 Å². The Hall–Kier alpha value is -4.40. The average molecular weight is 717 g/mol. The molecule has 53 heavy (non-hydrogen) atoms. The fraction of sp³-hybridized carbons (Fsp3) is 0.467. The molecule has 0 heterocycles. The predicted molar refractivity (Wildman–Crippen MR) is 205 cm³/mol. The highest BCUT2D eigenvalue weighted by molar-refractivity contribution is 6.10. The summed E-state index contributed by atoms with van der Waals surface area (Å²) < 4.78 is 10.7. The highest BCUT2D eigenvalue weighted by Gasteiger charge is 2.74. The Balaban J connectivity index is 1.17. The summed E-state index contributed by atoms with van der Waals surface area (Å²) in [6.45, 7) is 5.09. The Bertz CT molecular complexity index is 1940. The van der Waals surface area contributed by atoms with E-state index in [0.29, 0.717) is 42.1 Å². The lowest BCUT2D eigenvalue weighted by Gasteiger charge is -2.71. The Kier molecular flexibility index (Phi) is 8.65. The molecular formula is C45H52N2O6. The van der Waals surface area contributed by atoms with E-state index in [0.717, 1.165) is 43.2 Å². The fourth-order valence-electron chi connectivity index (χ4n) is 11.7. The number of nitrogens with one attached hydrogen (secondary N) is 1. The molecule has 3 N–H and O–H groups in total. The summed E-state index contributed by atoms with van der Waals surface area (Å²) >= 11 is 0. The van der Waals surface area contributed by atoms with Gasteiger partial charge in [0.2, 0.25) is 0 Å². The van der Waals surface area contributed by atoms with E-state index in [4.69, 9.17) is 9.47 Å². The number of carbonyl (C=O) groups excluding carboxylic acids is 2. The number of aliphatic hydroxyl groups is 2. The first-order chi connectivity index (χ1) is 25.4. The van der Waals surface area contributed by atoms with Crippen LogP contribution in [0.15, 0.2) is 103 Å². The van der Waals surface area contributed by atoms with Gasteiger partial charge >= 0.3 is 6.03 Å². The van der Waals surface area contributed by atoms with Crippen LogP contribution < -0.4 is 14.8 Å². The Morgan fingerprint density at radius 2 is 1.43 bits per heavy atom. The Morgan fingerprint density at radius 3 is 2.11 bits per heavy atom. The minimum absolute atomic E-state index is 0.00718. The summed E-state index contributed by atoms with van der Waals surface area (Å²) in [6.07, 6.45) is 11.6. The molecular weight excluding hydrogens is 665 g/mol. The summed E-state index contributed by atoms with van der Waals surface area (Å²) in [4.78, 5) is 30.8. The van der Waals surface area contributed by atoms with Gasteiger partial charge in [0.1, 0.15) is 11.5 Å². The van der Waals surface area contributed by atoms with Crippen molar-refractivity contribution in [3.05, 3.63) is 114 Å². The van der Waals surface area contributed by atoms with Crippen molar-refractivity contribution in [2.75, 3.05) is 26.1 Å². The number of urea groups is 1. The highest BCUT2D eigenvalue weighted by Crippen LogP contribution is 2.78. The largest absolute Gasteiger partial charge is 0.497 e. The normalized spacial score (nSPS) is 35.0. The number of ether oxygens (including phenoxy) is 2. The van der Waals surface area contributed by atoms with E-state index in [9.17, 15) is 19.8 Å². The van der Waals surface area contributed by atoms with Crippen molar-refractivity contribution < 1.29 is 29.3 Å². The highest BCUT2D eigenvalue weighted by atomic mass is 16.5. The molecule has 8 heteroatoms. The van der Waals surface area contributed by atoms with Gasteiger partial charge in [-0.15, -0.1) is 0 Å². The molecule has 3 aromatic rings. The van der Waals surface area contributed by atoms with Crippen LogP contribution in [0, 0.1) is 33.5 Å². The number of ketones is 1. The molecule has 2 amide bonds. The number of hydrogen-bond acceptors (Lipinski definition) is 6. The second-order valence-corrected chi connectivity index (χ2v) is 16.9. The van der Waals surface area contributed by atoms with Crippen molar-refractivity contribution in [2.45, 2.75) is 77.0 Å². The maximum Gasteiger partial charge on any atom is 0.322 e. The number of aliphatic hydroxyl groups excluding tert-OH is 1. The van der Waals surface area contributed by atoms with Crippen molar-refractivity contribution in [2.24, 2.45) is 33.5 Å². The van der Waals surface area contributed by atoms with Gasteiger partial charge in [0.25, 0.3) is 0 Å². The van der Waals surface area contributed by atoms with Crippen LogP contribution in [-0.2, 0) is 6.54 Å². The lowest BCUT2D eigenvalue weighted by atomic mass is 9.32. The first-order valence-corrected chi connectivity index (χ1v) is 19.2. The zero-order valence-electron chi connectivity index (χ0n) is 31.3. The van der Waals surface area contributed by atoms with Gasteiger partial charge in [0.15, 0.2) is 5.78 Å². The standard InChI is InChI=1S/C45H52N2O6/c1-41-21-18-33(48)26-43(41)24-25-45(36(27-43)39(49)31-10-14-34(52-3)15-11-31)37(41)19-22-42(2)38(45)20-23-44(42,51)29-47(28-30-8-6-5-7-9-30)40(50)46-32-12-16-35(53-4)17-13-32/h5-17,24-25,27,33,37-38,48,51H,18-23,26,28-29H2,1-4H3,(H,46,50). The maximum atomic E-state index is 14.9. The van der Waals surface area contributed by atoms with Gasteiger partial charge in [-0.25, -0.2) is 4.79 Å². The third-order valence-electron chi connectivity index (χ3n) is 14.6. The number of allylic oxidation sites excluding steroid dienone is 4. The number of hydrogen-bond donors (Lipinski definition) is 3. The van der Waals surface area contributed by atoms with Gasteiger partial charge in [0.05, 0.1) is 32.5 Å². The SMILES string of the molecule is COc1ccc(NC(=O)N(Cc2ccccc2)CC2(O)CCC3C45C=CC6(C=C4C(=O)c4ccc(OC)cc4)CC(O)CCC6(C)C5CCC32C)cc1. The van der Waals surface area contributed by atoms with E-state index in [1.807, 2.05) is 78.9 Å². The lowest BCUT2D eigenvalue weighted by molar-refractivity contribution is -0.174. The quantitative estimate of drug-likeness (QED) is 0.152. The summed E-state index contributed by atoms with van der Waals surface area (Å²) in [7, 11) is 3.23. The van der Waals surface area contributed by atoms with Crippen LogP contribution in [0.1, 0.15) is 74.7 Å².